The van der Waals surface area contributed by atoms with Gasteiger partial charge in [-0.15, -0.1) is 0 Å². The van der Waals surface area contributed by atoms with E-state index < -0.39 is 0 Å². The van der Waals surface area contributed by atoms with Crippen LogP contribution in [0.4, 0.5) is 5.13 Å². The second-order valence-electron chi connectivity index (χ2n) is 5.65. The van der Waals surface area contributed by atoms with Gasteiger partial charge in [-0.05, 0) is 12.8 Å². The number of hydrogen-bond donors (Lipinski definition) is 1. The van der Waals surface area contributed by atoms with E-state index in [4.69, 9.17) is 0 Å². The van der Waals surface area contributed by atoms with Crippen LogP contribution >= 0.6 is 11.5 Å². The quantitative estimate of drug-likeness (QED) is 0.857. The highest BCUT2D eigenvalue weighted by Crippen LogP contribution is 2.26. The van der Waals surface area contributed by atoms with Crippen LogP contribution in [0.2, 0.25) is 0 Å². The van der Waals surface area contributed by atoms with Crippen LogP contribution in [0.3, 0.4) is 0 Å². The Hall–Kier alpha value is -0.640. The highest BCUT2D eigenvalue weighted by molar-refractivity contribution is 7.09. The smallest absolute Gasteiger partial charge is 0.202 e. The Kier molecular flexibility index (Phi) is 3.47. The normalized spacial score (nSPS) is 18.7. The largest absolute Gasteiger partial charge is 0.358 e. The van der Waals surface area contributed by atoms with Gasteiger partial charge in [0, 0.05) is 23.0 Å². The zero-order valence-corrected chi connectivity index (χ0v) is 11.2. The zero-order valence-electron chi connectivity index (χ0n) is 10.4. The maximum atomic E-state index is 4.57. The summed E-state index contributed by atoms with van der Waals surface area (Å²) in [6.07, 6.45) is 6.65. The average molecular weight is 239 g/mol. The lowest BCUT2D eigenvalue weighted by Gasteiger charge is -2.22. The molecule has 90 valence electrons. The first-order valence-corrected chi connectivity index (χ1v) is 6.94. The first-order chi connectivity index (χ1) is 7.55. The van der Waals surface area contributed by atoms with Gasteiger partial charge in [0.15, 0.2) is 0 Å². The minimum absolute atomic E-state index is 0.0585. The van der Waals surface area contributed by atoms with Gasteiger partial charge >= 0.3 is 0 Å². The fourth-order valence-corrected chi connectivity index (χ4v) is 2.84. The molecule has 1 N–H and O–H groups in total. The molecule has 2 rings (SSSR count). The zero-order chi connectivity index (χ0) is 11.6. The molecule has 4 heteroatoms. The molecule has 0 unspecified atom stereocenters. The number of nitrogens with one attached hydrogen (secondary N) is 1. The van der Waals surface area contributed by atoms with E-state index in [1.54, 1.807) is 0 Å². The first-order valence-electron chi connectivity index (χ1n) is 6.16. The van der Waals surface area contributed by atoms with Crippen molar-refractivity contribution >= 4 is 16.7 Å². The van der Waals surface area contributed by atoms with E-state index in [1.807, 2.05) is 0 Å². The summed E-state index contributed by atoms with van der Waals surface area (Å²) in [4.78, 5) is 4.57. The van der Waals surface area contributed by atoms with Crippen LogP contribution in [0.5, 0.6) is 0 Å². The number of hydrogen-bond acceptors (Lipinski definition) is 4. The van der Waals surface area contributed by atoms with Gasteiger partial charge in [0.25, 0.3) is 0 Å². The van der Waals surface area contributed by atoms with Crippen molar-refractivity contribution in [1.82, 2.24) is 9.36 Å². The van der Waals surface area contributed by atoms with Crippen molar-refractivity contribution < 1.29 is 0 Å². The topological polar surface area (TPSA) is 37.8 Å². The minimum atomic E-state index is 0.0585. The molecule has 0 aromatic carbocycles. The fourth-order valence-electron chi connectivity index (χ4n) is 2.01. The van der Waals surface area contributed by atoms with E-state index in [2.05, 4.69) is 35.4 Å². The van der Waals surface area contributed by atoms with Gasteiger partial charge in [-0.25, -0.2) is 4.98 Å². The molecule has 1 aromatic rings. The van der Waals surface area contributed by atoms with Crippen LogP contribution in [0, 0.1) is 0 Å². The molecule has 1 saturated carbocycles. The fraction of sp³-hybridized carbons (Fsp3) is 0.833. The van der Waals surface area contributed by atoms with Gasteiger partial charge in [-0.2, -0.15) is 4.37 Å². The highest BCUT2D eigenvalue weighted by atomic mass is 32.1. The van der Waals surface area contributed by atoms with Crippen molar-refractivity contribution in [2.75, 3.05) is 5.32 Å². The van der Waals surface area contributed by atoms with Crippen molar-refractivity contribution in [2.24, 2.45) is 0 Å². The predicted octanol–water partition coefficient (Wildman–Crippen LogP) is 3.58. The third-order valence-corrected chi connectivity index (χ3v) is 3.68. The summed E-state index contributed by atoms with van der Waals surface area (Å²) in [7, 11) is 0. The van der Waals surface area contributed by atoms with Gasteiger partial charge in [0.2, 0.25) is 5.13 Å². The van der Waals surface area contributed by atoms with E-state index in [0.717, 1.165) is 11.0 Å². The first kappa shape index (κ1) is 11.8. The molecule has 1 aromatic heterocycles. The summed E-state index contributed by atoms with van der Waals surface area (Å²) in [5.74, 6) is 0.954. The molecule has 0 saturated heterocycles. The third-order valence-electron chi connectivity index (χ3n) is 3.03. The molecule has 1 heterocycles. The molecule has 16 heavy (non-hydrogen) atoms. The summed E-state index contributed by atoms with van der Waals surface area (Å²) < 4.78 is 4.42. The Morgan fingerprint density at radius 3 is 2.44 bits per heavy atom. The van der Waals surface area contributed by atoms with E-state index in [0.29, 0.717) is 6.04 Å². The number of aromatic nitrogens is 2. The molecule has 0 bridgehead atoms. The monoisotopic (exact) mass is 239 g/mol. The minimum Gasteiger partial charge on any atom is -0.358 e. The van der Waals surface area contributed by atoms with Crippen molar-refractivity contribution in [3.8, 4) is 0 Å². The van der Waals surface area contributed by atoms with E-state index in [1.165, 1.54) is 43.6 Å². The molecule has 0 atom stereocenters. The lowest BCUT2D eigenvalue weighted by atomic mass is 9.95. The molecule has 1 aliphatic rings. The molecular formula is C12H21N3S. The number of nitrogens with zero attached hydrogens (tertiary/aromatic N) is 2. The molecule has 3 nitrogen and oxygen atoms in total. The number of anilines is 1. The molecule has 0 spiro atoms. The molecule has 1 fully saturated rings. The van der Waals surface area contributed by atoms with Crippen LogP contribution in [0.25, 0.3) is 0 Å². The maximum Gasteiger partial charge on any atom is 0.202 e. The standard InChI is InChI=1S/C12H21N3S/c1-12(2,3)10-14-11(16-15-10)13-9-7-5-4-6-8-9/h9H,4-8H2,1-3H3,(H,13,14,15). The number of rotatable bonds is 2. The summed E-state index contributed by atoms with van der Waals surface area (Å²) in [6.45, 7) is 6.46. The maximum absolute atomic E-state index is 4.57. The second-order valence-corrected chi connectivity index (χ2v) is 6.40. The summed E-state index contributed by atoms with van der Waals surface area (Å²) in [5.41, 5.74) is 0.0585. The van der Waals surface area contributed by atoms with Gasteiger partial charge in [0.05, 0.1) is 0 Å². The highest BCUT2D eigenvalue weighted by Gasteiger charge is 2.21. The Balaban J connectivity index is 1.97. The SMILES string of the molecule is CC(C)(C)c1nsc(NC2CCCCC2)n1. The van der Waals surface area contributed by atoms with Crippen LogP contribution < -0.4 is 5.32 Å². The Morgan fingerprint density at radius 1 is 1.19 bits per heavy atom. The van der Waals surface area contributed by atoms with Gasteiger partial charge in [-0.3, -0.25) is 0 Å². The van der Waals surface area contributed by atoms with Gasteiger partial charge < -0.3 is 5.32 Å². The molecular weight excluding hydrogens is 218 g/mol. The van der Waals surface area contributed by atoms with Gasteiger partial charge in [-0.1, -0.05) is 40.0 Å². The molecule has 1 aliphatic carbocycles. The van der Waals surface area contributed by atoms with Crippen LogP contribution in [0.15, 0.2) is 0 Å². The van der Waals surface area contributed by atoms with E-state index >= 15 is 0 Å². The summed E-state index contributed by atoms with van der Waals surface area (Å²) in [5, 5.41) is 4.52. The Labute approximate surface area is 102 Å². The van der Waals surface area contributed by atoms with Gasteiger partial charge in [0.1, 0.15) is 5.82 Å². The van der Waals surface area contributed by atoms with Crippen molar-refractivity contribution in [1.29, 1.82) is 0 Å². The summed E-state index contributed by atoms with van der Waals surface area (Å²) >= 11 is 1.50. The third kappa shape index (κ3) is 2.94. The van der Waals surface area contributed by atoms with Crippen LogP contribution in [0.1, 0.15) is 58.7 Å². The van der Waals surface area contributed by atoms with Crippen LogP contribution in [-0.2, 0) is 5.41 Å². The van der Waals surface area contributed by atoms with Crippen molar-refractivity contribution in [3.63, 3.8) is 0 Å². The van der Waals surface area contributed by atoms with Crippen LogP contribution in [-0.4, -0.2) is 15.4 Å². The van der Waals surface area contributed by atoms with E-state index in [9.17, 15) is 0 Å². The molecule has 0 radical (unpaired) electrons. The summed E-state index contributed by atoms with van der Waals surface area (Å²) in [6, 6.07) is 0.620. The van der Waals surface area contributed by atoms with Crippen molar-refractivity contribution in [3.05, 3.63) is 5.82 Å². The average Bonchev–Trinajstić information content (AvgIpc) is 2.67. The van der Waals surface area contributed by atoms with Crippen molar-refractivity contribution in [2.45, 2.75) is 64.3 Å². The lowest BCUT2D eigenvalue weighted by molar-refractivity contribution is 0.462. The Bertz CT molecular complexity index is 334. The lowest BCUT2D eigenvalue weighted by Crippen LogP contribution is -2.22. The Morgan fingerprint density at radius 2 is 1.88 bits per heavy atom. The predicted molar refractivity (Wildman–Crippen MR) is 69.1 cm³/mol. The van der Waals surface area contributed by atoms with E-state index in [-0.39, 0.29) is 5.41 Å². The molecule has 0 aliphatic heterocycles. The second kappa shape index (κ2) is 4.70. The molecule has 0 amide bonds.